The van der Waals surface area contributed by atoms with E-state index in [0.717, 1.165) is 10.6 Å². The van der Waals surface area contributed by atoms with E-state index in [1.54, 1.807) is 17.4 Å². The molecule has 0 unspecified atom stereocenters. The van der Waals surface area contributed by atoms with Crippen LogP contribution in [0.3, 0.4) is 0 Å². The van der Waals surface area contributed by atoms with E-state index in [1.165, 1.54) is 0 Å². The fourth-order valence-electron chi connectivity index (χ4n) is 2.21. The predicted molar refractivity (Wildman–Crippen MR) is 84.9 cm³/mol. The molecule has 0 aliphatic heterocycles. The van der Waals surface area contributed by atoms with Gasteiger partial charge in [0.2, 0.25) is 0 Å². The van der Waals surface area contributed by atoms with E-state index in [1.807, 2.05) is 31.4 Å². The molecule has 7 heteroatoms. The van der Waals surface area contributed by atoms with Crippen molar-refractivity contribution in [1.82, 2.24) is 15.5 Å². The summed E-state index contributed by atoms with van der Waals surface area (Å²) in [4.78, 5) is 24.6. The number of carbonyl (C=O) groups is 2. The number of H-pyrrole nitrogens is 1. The second kappa shape index (κ2) is 6.74. The van der Waals surface area contributed by atoms with Crippen molar-refractivity contribution >= 4 is 23.2 Å². The second-order valence-electron chi connectivity index (χ2n) is 5.12. The molecule has 2 aromatic rings. The number of hydrogen-bond donors (Lipinski definition) is 3. The molecule has 0 spiro atoms. The average Bonchev–Trinajstić information content (AvgIpc) is 3.19. The van der Waals surface area contributed by atoms with Crippen LogP contribution in [-0.4, -0.2) is 33.7 Å². The van der Waals surface area contributed by atoms with Gasteiger partial charge >= 0.3 is 5.97 Å². The number of nitrogens with one attached hydrogen (secondary N) is 2. The van der Waals surface area contributed by atoms with Crippen molar-refractivity contribution in [3.8, 4) is 10.6 Å². The maximum atomic E-state index is 12.1. The van der Waals surface area contributed by atoms with Gasteiger partial charge in [0.15, 0.2) is 5.69 Å². The van der Waals surface area contributed by atoms with Crippen LogP contribution in [-0.2, 0) is 4.79 Å². The Morgan fingerprint density at radius 1 is 1.41 bits per heavy atom. The molecule has 0 aliphatic carbocycles. The Bertz CT molecular complexity index is 645. The fraction of sp³-hybridized carbons (Fsp3) is 0.400. The van der Waals surface area contributed by atoms with Crippen LogP contribution in [0.1, 0.15) is 37.2 Å². The molecule has 0 atom stereocenters. The topological polar surface area (TPSA) is 95.1 Å². The van der Waals surface area contributed by atoms with E-state index in [0.29, 0.717) is 12.8 Å². The van der Waals surface area contributed by atoms with Gasteiger partial charge in [0.1, 0.15) is 0 Å². The van der Waals surface area contributed by atoms with E-state index >= 15 is 0 Å². The van der Waals surface area contributed by atoms with Gasteiger partial charge in [-0.2, -0.15) is 5.10 Å². The zero-order chi connectivity index (χ0) is 16.2. The standard InChI is InChI=1S/C15H19N3O3S/c1-3-15(4-2,14(20)21)9-16-13(19)11-8-10(17-18-11)12-6-5-7-22-12/h5-8H,3-4,9H2,1-2H3,(H,16,19)(H,17,18)(H,20,21). The van der Waals surface area contributed by atoms with Crippen LogP contribution in [0.4, 0.5) is 0 Å². The minimum Gasteiger partial charge on any atom is -0.481 e. The lowest BCUT2D eigenvalue weighted by molar-refractivity contribution is -0.149. The summed E-state index contributed by atoms with van der Waals surface area (Å²) in [5, 5.41) is 20.8. The first-order valence-corrected chi connectivity index (χ1v) is 8.01. The number of hydrogen-bond acceptors (Lipinski definition) is 4. The number of rotatable bonds is 7. The maximum Gasteiger partial charge on any atom is 0.311 e. The number of aliphatic carboxylic acids is 1. The normalized spacial score (nSPS) is 11.4. The van der Waals surface area contributed by atoms with Crippen LogP contribution in [0, 0.1) is 5.41 Å². The summed E-state index contributed by atoms with van der Waals surface area (Å²) in [5.74, 6) is -1.26. The summed E-state index contributed by atoms with van der Waals surface area (Å²) in [6.45, 7) is 3.72. The van der Waals surface area contributed by atoms with Crippen LogP contribution in [0.15, 0.2) is 23.6 Å². The number of carboxylic acids is 1. The molecule has 3 N–H and O–H groups in total. The van der Waals surface area contributed by atoms with Gasteiger partial charge in [-0.25, -0.2) is 0 Å². The van der Waals surface area contributed by atoms with Crippen molar-refractivity contribution in [1.29, 1.82) is 0 Å². The minimum atomic E-state index is -0.928. The van der Waals surface area contributed by atoms with Crippen molar-refractivity contribution < 1.29 is 14.7 Å². The van der Waals surface area contributed by atoms with Crippen LogP contribution in [0.5, 0.6) is 0 Å². The Balaban J connectivity index is 2.05. The van der Waals surface area contributed by atoms with E-state index in [2.05, 4.69) is 15.5 Å². The first-order valence-electron chi connectivity index (χ1n) is 7.13. The first kappa shape index (κ1) is 16.2. The number of amides is 1. The van der Waals surface area contributed by atoms with Crippen LogP contribution >= 0.6 is 11.3 Å². The SMILES string of the molecule is CCC(CC)(CNC(=O)c1cc(-c2cccs2)[nH]n1)C(=O)O. The minimum absolute atomic E-state index is 0.0926. The zero-order valence-electron chi connectivity index (χ0n) is 12.5. The molecule has 0 aromatic carbocycles. The highest BCUT2D eigenvalue weighted by atomic mass is 32.1. The largest absolute Gasteiger partial charge is 0.481 e. The van der Waals surface area contributed by atoms with Crippen molar-refractivity contribution in [2.75, 3.05) is 6.54 Å². The van der Waals surface area contributed by atoms with Crippen molar-refractivity contribution in [2.45, 2.75) is 26.7 Å². The maximum absolute atomic E-state index is 12.1. The van der Waals surface area contributed by atoms with Crippen LogP contribution in [0.2, 0.25) is 0 Å². The number of aromatic amines is 1. The molecule has 118 valence electrons. The molecule has 6 nitrogen and oxygen atoms in total. The molecule has 0 aliphatic rings. The summed E-state index contributed by atoms with van der Waals surface area (Å²) < 4.78 is 0. The highest BCUT2D eigenvalue weighted by molar-refractivity contribution is 7.13. The average molecular weight is 321 g/mol. The van der Waals surface area contributed by atoms with Crippen molar-refractivity contribution in [3.05, 3.63) is 29.3 Å². The monoisotopic (exact) mass is 321 g/mol. The Labute approximate surface area is 132 Å². The molecular weight excluding hydrogens is 302 g/mol. The second-order valence-corrected chi connectivity index (χ2v) is 6.07. The van der Waals surface area contributed by atoms with Gasteiger partial charge in [-0.1, -0.05) is 19.9 Å². The molecule has 0 saturated heterocycles. The third-order valence-electron chi connectivity index (χ3n) is 3.99. The summed E-state index contributed by atoms with van der Waals surface area (Å²) in [6.07, 6.45) is 0.917. The molecule has 2 aromatic heterocycles. The van der Waals surface area contributed by atoms with Gasteiger partial charge in [0.05, 0.1) is 16.0 Å². The number of carboxylic acid groups (broad SMARTS) is 1. The Kier molecular flexibility index (Phi) is 4.97. The predicted octanol–water partition coefficient (Wildman–Crippen LogP) is 2.76. The van der Waals surface area contributed by atoms with Gasteiger partial charge in [-0.15, -0.1) is 11.3 Å². The Hall–Kier alpha value is -2.15. The third kappa shape index (κ3) is 3.19. The zero-order valence-corrected chi connectivity index (χ0v) is 13.4. The molecule has 0 radical (unpaired) electrons. The third-order valence-corrected chi connectivity index (χ3v) is 4.89. The highest BCUT2D eigenvalue weighted by Gasteiger charge is 2.35. The van der Waals surface area contributed by atoms with Gasteiger partial charge < -0.3 is 10.4 Å². The van der Waals surface area contributed by atoms with E-state index in [9.17, 15) is 14.7 Å². The van der Waals surface area contributed by atoms with E-state index in [-0.39, 0.29) is 18.1 Å². The van der Waals surface area contributed by atoms with Crippen molar-refractivity contribution in [3.63, 3.8) is 0 Å². The summed E-state index contributed by atoms with van der Waals surface area (Å²) in [5.41, 5.74) is 0.105. The lowest BCUT2D eigenvalue weighted by atomic mass is 9.82. The van der Waals surface area contributed by atoms with E-state index < -0.39 is 11.4 Å². The Morgan fingerprint density at radius 2 is 2.14 bits per heavy atom. The molecule has 0 fully saturated rings. The summed E-state index contributed by atoms with van der Waals surface area (Å²) in [6, 6.07) is 5.52. The number of thiophene rings is 1. The van der Waals surface area contributed by atoms with Crippen LogP contribution < -0.4 is 5.32 Å². The number of nitrogens with zero attached hydrogens (tertiary/aromatic N) is 1. The number of carbonyl (C=O) groups excluding carboxylic acids is 1. The molecule has 2 heterocycles. The quantitative estimate of drug-likeness (QED) is 0.730. The molecule has 0 saturated carbocycles. The number of aromatic nitrogens is 2. The highest BCUT2D eigenvalue weighted by Crippen LogP contribution is 2.26. The molecule has 0 bridgehead atoms. The van der Waals surface area contributed by atoms with Crippen LogP contribution in [0.25, 0.3) is 10.6 Å². The lowest BCUT2D eigenvalue weighted by Crippen LogP contribution is -2.42. The van der Waals surface area contributed by atoms with Gasteiger partial charge in [0.25, 0.3) is 5.91 Å². The molecular formula is C15H19N3O3S. The van der Waals surface area contributed by atoms with E-state index in [4.69, 9.17) is 0 Å². The fourth-order valence-corrected chi connectivity index (χ4v) is 2.91. The first-order chi connectivity index (χ1) is 10.5. The summed E-state index contributed by atoms with van der Waals surface area (Å²) >= 11 is 1.55. The van der Waals surface area contributed by atoms with Gasteiger partial charge in [0, 0.05) is 6.54 Å². The Morgan fingerprint density at radius 3 is 2.68 bits per heavy atom. The summed E-state index contributed by atoms with van der Waals surface area (Å²) in [7, 11) is 0. The smallest absolute Gasteiger partial charge is 0.311 e. The lowest BCUT2D eigenvalue weighted by Gasteiger charge is -2.26. The van der Waals surface area contributed by atoms with Gasteiger partial charge in [-0.3, -0.25) is 14.7 Å². The van der Waals surface area contributed by atoms with Gasteiger partial charge in [-0.05, 0) is 30.4 Å². The molecule has 1 amide bonds. The van der Waals surface area contributed by atoms with Crippen molar-refractivity contribution in [2.24, 2.45) is 5.41 Å². The molecule has 22 heavy (non-hydrogen) atoms. The molecule has 2 rings (SSSR count).